The normalized spacial score (nSPS) is 23.9. The maximum Gasteiger partial charge on any atom is 0.231 e. The molecule has 1 aromatic carbocycles. The second-order valence-corrected chi connectivity index (χ2v) is 6.90. The molecule has 0 amide bonds. The van der Waals surface area contributed by atoms with Crippen LogP contribution in [0.3, 0.4) is 0 Å². The molecule has 0 saturated carbocycles. The predicted octanol–water partition coefficient (Wildman–Crippen LogP) is 3.29. The zero-order valence-electron chi connectivity index (χ0n) is 14.2. The Morgan fingerprint density at radius 1 is 1.09 bits per heavy atom. The van der Waals surface area contributed by atoms with Crippen LogP contribution in [-0.4, -0.2) is 49.8 Å². The van der Waals surface area contributed by atoms with Crippen molar-refractivity contribution in [3.8, 4) is 11.5 Å². The van der Waals surface area contributed by atoms with E-state index in [9.17, 15) is 0 Å². The lowest BCUT2D eigenvalue weighted by molar-refractivity contribution is 0.125. The average Bonchev–Trinajstić information content (AvgIpc) is 3.14. The summed E-state index contributed by atoms with van der Waals surface area (Å²) in [5, 5.41) is 0. The molecule has 1 unspecified atom stereocenters. The number of rotatable bonds is 4. The second kappa shape index (κ2) is 6.17. The van der Waals surface area contributed by atoms with Crippen LogP contribution in [0.2, 0.25) is 0 Å². The van der Waals surface area contributed by atoms with Crippen LogP contribution in [0.5, 0.6) is 11.5 Å². The van der Waals surface area contributed by atoms with Crippen molar-refractivity contribution in [3.05, 3.63) is 28.8 Å². The van der Waals surface area contributed by atoms with Gasteiger partial charge in [-0.25, -0.2) is 0 Å². The SMILES string of the molecule is CCCCC1=Cc2cc3c(cc2C1N1CCN(C)CC1)OCO3. The Balaban J connectivity index is 1.66. The molecule has 124 valence electrons. The highest BCUT2D eigenvalue weighted by molar-refractivity contribution is 5.70. The molecular weight excluding hydrogens is 288 g/mol. The van der Waals surface area contributed by atoms with Gasteiger partial charge in [0.05, 0.1) is 6.04 Å². The van der Waals surface area contributed by atoms with Gasteiger partial charge in [0, 0.05) is 26.2 Å². The number of fused-ring (bicyclic) bond motifs is 2. The molecule has 0 radical (unpaired) electrons. The van der Waals surface area contributed by atoms with E-state index in [1.165, 1.54) is 30.4 Å². The molecule has 0 bridgehead atoms. The fourth-order valence-corrected chi connectivity index (χ4v) is 3.91. The number of nitrogens with zero attached hydrogens (tertiary/aromatic N) is 2. The van der Waals surface area contributed by atoms with E-state index in [0.717, 1.165) is 37.7 Å². The minimum atomic E-state index is 0.351. The summed E-state index contributed by atoms with van der Waals surface area (Å²) in [5.74, 6) is 1.81. The first-order valence-corrected chi connectivity index (χ1v) is 8.83. The summed E-state index contributed by atoms with van der Waals surface area (Å²) in [6, 6.07) is 4.82. The lowest BCUT2D eigenvalue weighted by Gasteiger charge is -2.38. The summed E-state index contributed by atoms with van der Waals surface area (Å²) >= 11 is 0. The van der Waals surface area contributed by atoms with Gasteiger partial charge in [0.1, 0.15) is 0 Å². The number of piperazine rings is 1. The molecule has 0 aromatic heterocycles. The number of hydrogen-bond acceptors (Lipinski definition) is 4. The van der Waals surface area contributed by atoms with E-state index in [4.69, 9.17) is 9.47 Å². The van der Waals surface area contributed by atoms with Crippen molar-refractivity contribution in [2.75, 3.05) is 40.0 Å². The first-order valence-electron chi connectivity index (χ1n) is 8.83. The van der Waals surface area contributed by atoms with Crippen LogP contribution in [0, 0.1) is 0 Å². The van der Waals surface area contributed by atoms with Crippen molar-refractivity contribution >= 4 is 6.08 Å². The number of hydrogen-bond donors (Lipinski definition) is 0. The monoisotopic (exact) mass is 314 g/mol. The smallest absolute Gasteiger partial charge is 0.231 e. The first-order chi connectivity index (χ1) is 11.3. The molecule has 4 heteroatoms. The largest absolute Gasteiger partial charge is 0.454 e. The van der Waals surface area contributed by atoms with E-state index in [2.05, 4.69) is 42.0 Å². The third-order valence-electron chi connectivity index (χ3n) is 5.29. The maximum absolute atomic E-state index is 5.62. The van der Waals surface area contributed by atoms with E-state index >= 15 is 0 Å². The van der Waals surface area contributed by atoms with Crippen LogP contribution in [0.25, 0.3) is 6.08 Å². The third kappa shape index (κ3) is 2.74. The van der Waals surface area contributed by atoms with Crippen molar-refractivity contribution in [1.82, 2.24) is 9.80 Å². The molecule has 1 fully saturated rings. The van der Waals surface area contributed by atoms with Gasteiger partial charge in [-0.1, -0.05) is 19.4 Å². The van der Waals surface area contributed by atoms with Gasteiger partial charge < -0.3 is 14.4 Å². The summed E-state index contributed by atoms with van der Waals surface area (Å²) in [5.41, 5.74) is 4.30. The first kappa shape index (κ1) is 15.0. The highest BCUT2D eigenvalue weighted by atomic mass is 16.7. The molecule has 1 saturated heterocycles. The lowest BCUT2D eigenvalue weighted by atomic mass is 9.97. The van der Waals surface area contributed by atoms with Gasteiger partial charge in [-0.3, -0.25) is 4.90 Å². The van der Waals surface area contributed by atoms with Gasteiger partial charge in [-0.2, -0.15) is 0 Å². The van der Waals surface area contributed by atoms with Gasteiger partial charge in [0.15, 0.2) is 11.5 Å². The number of ether oxygens (including phenoxy) is 2. The Hall–Kier alpha value is -1.52. The van der Waals surface area contributed by atoms with Crippen LogP contribution in [0.4, 0.5) is 0 Å². The highest BCUT2D eigenvalue weighted by Gasteiger charge is 2.33. The standard InChI is InChI=1S/C19H26N2O2/c1-3-4-5-14-10-15-11-17-18(23-13-22-17)12-16(15)19(14)21-8-6-20(2)7-9-21/h10-12,19H,3-9,13H2,1-2H3. The van der Waals surface area contributed by atoms with Crippen molar-refractivity contribution < 1.29 is 9.47 Å². The summed E-state index contributed by atoms with van der Waals surface area (Å²) in [6.07, 6.45) is 6.09. The second-order valence-electron chi connectivity index (χ2n) is 6.90. The fourth-order valence-electron chi connectivity index (χ4n) is 3.91. The predicted molar refractivity (Wildman–Crippen MR) is 91.9 cm³/mol. The van der Waals surface area contributed by atoms with Gasteiger partial charge in [-0.05, 0) is 48.7 Å². The van der Waals surface area contributed by atoms with Crippen LogP contribution in [0.1, 0.15) is 43.4 Å². The Morgan fingerprint density at radius 2 is 1.83 bits per heavy atom. The van der Waals surface area contributed by atoms with E-state index < -0.39 is 0 Å². The van der Waals surface area contributed by atoms with E-state index in [1.807, 2.05) is 0 Å². The van der Waals surface area contributed by atoms with Crippen molar-refractivity contribution in [2.45, 2.75) is 32.2 Å². The van der Waals surface area contributed by atoms with Crippen molar-refractivity contribution in [2.24, 2.45) is 0 Å². The van der Waals surface area contributed by atoms with E-state index in [-0.39, 0.29) is 0 Å². The average molecular weight is 314 g/mol. The number of benzene rings is 1. The maximum atomic E-state index is 5.62. The molecule has 1 aliphatic carbocycles. The molecule has 23 heavy (non-hydrogen) atoms. The summed E-state index contributed by atoms with van der Waals surface area (Å²) < 4.78 is 11.2. The molecule has 3 aliphatic rings. The Morgan fingerprint density at radius 3 is 2.57 bits per heavy atom. The number of unbranched alkanes of at least 4 members (excludes halogenated alkanes) is 1. The zero-order chi connectivity index (χ0) is 15.8. The molecule has 2 aliphatic heterocycles. The van der Waals surface area contributed by atoms with E-state index in [1.54, 1.807) is 5.57 Å². The minimum absolute atomic E-state index is 0.351. The molecule has 4 rings (SSSR count). The Bertz CT molecular complexity index is 618. The third-order valence-corrected chi connectivity index (χ3v) is 5.29. The van der Waals surface area contributed by atoms with Gasteiger partial charge >= 0.3 is 0 Å². The van der Waals surface area contributed by atoms with Crippen LogP contribution >= 0.6 is 0 Å². The molecule has 4 nitrogen and oxygen atoms in total. The summed E-state index contributed by atoms with van der Waals surface area (Å²) in [7, 11) is 2.21. The number of likely N-dealkylation sites (N-methyl/N-ethyl adjacent to an activating group) is 1. The highest BCUT2D eigenvalue weighted by Crippen LogP contribution is 2.46. The van der Waals surface area contributed by atoms with Gasteiger partial charge in [0.2, 0.25) is 6.79 Å². The van der Waals surface area contributed by atoms with Crippen molar-refractivity contribution in [3.63, 3.8) is 0 Å². The lowest BCUT2D eigenvalue weighted by Crippen LogP contribution is -2.46. The molecule has 0 N–H and O–H groups in total. The van der Waals surface area contributed by atoms with Gasteiger partial charge in [-0.15, -0.1) is 0 Å². The molecule has 1 atom stereocenters. The topological polar surface area (TPSA) is 24.9 Å². The molecule has 1 aromatic rings. The van der Waals surface area contributed by atoms with Crippen molar-refractivity contribution in [1.29, 1.82) is 0 Å². The van der Waals surface area contributed by atoms with Crippen LogP contribution in [-0.2, 0) is 0 Å². The molecule has 2 heterocycles. The van der Waals surface area contributed by atoms with E-state index in [0.29, 0.717) is 12.8 Å². The fraction of sp³-hybridized carbons (Fsp3) is 0.579. The zero-order valence-corrected chi connectivity index (χ0v) is 14.2. The van der Waals surface area contributed by atoms with Crippen LogP contribution in [0.15, 0.2) is 17.7 Å². The quantitative estimate of drug-likeness (QED) is 0.851. The Labute approximate surface area is 138 Å². The molecular formula is C19H26N2O2. The molecule has 0 spiro atoms. The Kier molecular flexibility index (Phi) is 4.04. The summed E-state index contributed by atoms with van der Waals surface area (Å²) in [6.45, 7) is 7.19. The van der Waals surface area contributed by atoms with Gasteiger partial charge in [0.25, 0.3) is 0 Å². The van der Waals surface area contributed by atoms with Crippen LogP contribution < -0.4 is 9.47 Å². The minimum Gasteiger partial charge on any atom is -0.454 e. The summed E-state index contributed by atoms with van der Waals surface area (Å²) in [4.78, 5) is 5.07.